The molecule has 1 aromatic carbocycles. The fraction of sp³-hybridized carbons (Fsp3) is 0.400. The molecule has 0 aromatic heterocycles. The van der Waals surface area contributed by atoms with E-state index in [0.717, 1.165) is 12.1 Å². The summed E-state index contributed by atoms with van der Waals surface area (Å²) in [7, 11) is 1.89. The first-order valence-electron chi connectivity index (χ1n) is 4.31. The number of phenols is 2. The minimum absolute atomic E-state index is 0.0551. The van der Waals surface area contributed by atoms with Gasteiger partial charge in [0.15, 0.2) is 11.5 Å². The number of hydrogen-bond donors (Lipinski definition) is 3. The lowest BCUT2D eigenvalue weighted by Crippen LogP contribution is -2.14. The summed E-state index contributed by atoms with van der Waals surface area (Å²) in [6.45, 7) is 2.91. The molecule has 1 rings (SSSR count). The number of rotatable bonds is 3. The van der Waals surface area contributed by atoms with Gasteiger partial charge in [0, 0.05) is 6.54 Å². The molecular weight excluding hydrogens is 166 g/mol. The van der Waals surface area contributed by atoms with Crippen LogP contribution in [-0.4, -0.2) is 23.8 Å². The fourth-order valence-corrected chi connectivity index (χ4v) is 1.27. The van der Waals surface area contributed by atoms with Crippen LogP contribution in [0.4, 0.5) is 0 Å². The van der Waals surface area contributed by atoms with Crippen molar-refractivity contribution in [2.45, 2.75) is 12.8 Å². The normalized spacial score (nSPS) is 12.8. The number of aromatic hydroxyl groups is 2. The van der Waals surface area contributed by atoms with Crippen LogP contribution in [0.3, 0.4) is 0 Å². The van der Waals surface area contributed by atoms with E-state index in [1.54, 1.807) is 6.07 Å². The highest BCUT2D eigenvalue weighted by molar-refractivity contribution is 5.41. The van der Waals surface area contributed by atoms with Crippen LogP contribution in [0.1, 0.15) is 18.4 Å². The molecule has 1 aromatic rings. The molecule has 0 fully saturated rings. The van der Waals surface area contributed by atoms with E-state index in [4.69, 9.17) is 5.11 Å². The summed E-state index contributed by atoms with van der Waals surface area (Å²) < 4.78 is 0. The molecule has 0 amide bonds. The van der Waals surface area contributed by atoms with Gasteiger partial charge in [-0.05, 0) is 30.7 Å². The van der Waals surface area contributed by atoms with Crippen molar-refractivity contribution in [1.82, 2.24) is 5.32 Å². The van der Waals surface area contributed by atoms with E-state index in [1.807, 2.05) is 13.1 Å². The molecule has 3 N–H and O–H groups in total. The van der Waals surface area contributed by atoms with Gasteiger partial charge in [-0.1, -0.05) is 13.0 Å². The van der Waals surface area contributed by atoms with Gasteiger partial charge in [-0.25, -0.2) is 0 Å². The second-order valence-electron chi connectivity index (χ2n) is 3.21. The smallest absolute Gasteiger partial charge is 0.157 e. The van der Waals surface area contributed by atoms with Gasteiger partial charge >= 0.3 is 0 Å². The van der Waals surface area contributed by atoms with E-state index in [2.05, 4.69) is 12.2 Å². The predicted octanol–water partition coefficient (Wildman–Crippen LogP) is 1.42. The zero-order valence-corrected chi connectivity index (χ0v) is 7.91. The van der Waals surface area contributed by atoms with Crippen molar-refractivity contribution in [2.24, 2.45) is 0 Å². The Morgan fingerprint density at radius 3 is 2.54 bits per heavy atom. The highest BCUT2D eigenvalue weighted by Crippen LogP contribution is 2.28. The lowest BCUT2D eigenvalue weighted by atomic mass is 10.0. The second-order valence-corrected chi connectivity index (χ2v) is 3.21. The zero-order chi connectivity index (χ0) is 9.84. The number of hydrogen-bond acceptors (Lipinski definition) is 3. The van der Waals surface area contributed by atoms with Crippen molar-refractivity contribution in [1.29, 1.82) is 0 Å². The summed E-state index contributed by atoms with van der Waals surface area (Å²) in [6, 6.07) is 4.92. The van der Waals surface area contributed by atoms with Gasteiger partial charge in [-0.3, -0.25) is 0 Å². The van der Waals surface area contributed by atoms with Crippen LogP contribution in [0.25, 0.3) is 0 Å². The molecule has 3 heteroatoms. The molecule has 1 atom stereocenters. The van der Waals surface area contributed by atoms with Crippen LogP contribution in [0.5, 0.6) is 11.5 Å². The van der Waals surface area contributed by atoms with Gasteiger partial charge in [0.1, 0.15) is 0 Å². The molecule has 0 aliphatic heterocycles. The third kappa shape index (κ3) is 2.36. The van der Waals surface area contributed by atoms with Gasteiger partial charge in [-0.2, -0.15) is 0 Å². The molecule has 0 heterocycles. The minimum atomic E-state index is -0.0691. The van der Waals surface area contributed by atoms with Gasteiger partial charge in [0.05, 0.1) is 0 Å². The van der Waals surface area contributed by atoms with Crippen LogP contribution in [0.15, 0.2) is 18.2 Å². The highest BCUT2D eigenvalue weighted by atomic mass is 16.3. The monoisotopic (exact) mass is 181 g/mol. The summed E-state index contributed by atoms with van der Waals surface area (Å²) in [5.41, 5.74) is 1.02. The number of phenolic OH excluding ortho intramolecular Hbond substituents is 2. The van der Waals surface area contributed by atoms with Gasteiger partial charge in [0.2, 0.25) is 0 Å². The lowest BCUT2D eigenvalue weighted by molar-refractivity contribution is 0.402. The molecule has 0 aliphatic rings. The lowest BCUT2D eigenvalue weighted by Gasteiger charge is -2.11. The SMILES string of the molecule is CNCC(C)c1ccc(O)c(O)c1. The Labute approximate surface area is 78.0 Å². The van der Waals surface area contributed by atoms with Crippen molar-refractivity contribution in [3.63, 3.8) is 0 Å². The van der Waals surface area contributed by atoms with E-state index in [-0.39, 0.29) is 11.5 Å². The molecule has 0 saturated carbocycles. The van der Waals surface area contributed by atoms with Gasteiger partial charge in [0.25, 0.3) is 0 Å². The Bertz CT molecular complexity index is 286. The van der Waals surface area contributed by atoms with Gasteiger partial charge < -0.3 is 15.5 Å². The summed E-state index contributed by atoms with van der Waals surface area (Å²) in [5.74, 6) is 0.206. The average Bonchev–Trinajstić information content (AvgIpc) is 2.10. The minimum Gasteiger partial charge on any atom is -0.504 e. The molecule has 0 aliphatic carbocycles. The molecule has 0 saturated heterocycles. The highest BCUT2D eigenvalue weighted by Gasteiger charge is 2.06. The molecule has 13 heavy (non-hydrogen) atoms. The first kappa shape index (κ1) is 9.86. The number of likely N-dealkylation sites (N-methyl/N-ethyl adjacent to an activating group) is 1. The maximum atomic E-state index is 9.25. The van der Waals surface area contributed by atoms with E-state index in [9.17, 15) is 5.11 Å². The van der Waals surface area contributed by atoms with Gasteiger partial charge in [-0.15, -0.1) is 0 Å². The van der Waals surface area contributed by atoms with E-state index < -0.39 is 0 Å². The summed E-state index contributed by atoms with van der Waals surface area (Å²) >= 11 is 0. The first-order chi connectivity index (χ1) is 6.15. The van der Waals surface area contributed by atoms with Crippen LogP contribution in [-0.2, 0) is 0 Å². The molecular formula is C10H15NO2. The zero-order valence-electron chi connectivity index (χ0n) is 7.91. The standard InChI is InChI=1S/C10H15NO2/c1-7(6-11-2)8-3-4-9(12)10(13)5-8/h3-5,7,11-13H,6H2,1-2H3. The summed E-state index contributed by atoms with van der Waals surface area (Å²) in [4.78, 5) is 0. The molecule has 72 valence electrons. The third-order valence-corrected chi connectivity index (χ3v) is 2.08. The van der Waals surface area contributed by atoms with Crippen molar-refractivity contribution in [2.75, 3.05) is 13.6 Å². The number of nitrogens with one attached hydrogen (secondary N) is 1. The quantitative estimate of drug-likeness (QED) is 0.618. The molecule has 0 radical (unpaired) electrons. The van der Waals surface area contributed by atoms with Crippen LogP contribution in [0, 0.1) is 0 Å². The van der Waals surface area contributed by atoms with Crippen molar-refractivity contribution in [3.05, 3.63) is 23.8 Å². The fourth-order valence-electron chi connectivity index (χ4n) is 1.27. The van der Waals surface area contributed by atoms with Crippen molar-refractivity contribution in [3.8, 4) is 11.5 Å². The topological polar surface area (TPSA) is 52.5 Å². The Balaban J connectivity index is 2.84. The number of benzene rings is 1. The molecule has 3 nitrogen and oxygen atoms in total. The molecule has 1 unspecified atom stereocenters. The van der Waals surface area contributed by atoms with E-state index >= 15 is 0 Å². The van der Waals surface area contributed by atoms with E-state index in [0.29, 0.717) is 5.92 Å². The second kappa shape index (κ2) is 4.14. The Morgan fingerprint density at radius 2 is 2.00 bits per heavy atom. The van der Waals surface area contributed by atoms with E-state index in [1.165, 1.54) is 6.07 Å². The summed E-state index contributed by atoms with van der Waals surface area (Å²) in [5, 5.41) is 21.4. The van der Waals surface area contributed by atoms with Crippen molar-refractivity contribution < 1.29 is 10.2 Å². The first-order valence-corrected chi connectivity index (χ1v) is 4.31. The summed E-state index contributed by atoms with van der Waals surface area (Å²) in [6.07, 6.45) is 0. The molecule has 0 bridgehead atoms. The van der Waals surface area contributed by atoms with Crippen LogP contribution < -0.4 is 5.32 Å². The van der Waals surface area contributed by atoms with Crippen LogP contribution >= 0.6 is 0 Å². The molecule has 0 spiro atoms. The average molecular weight is 181 g/mol. The largest absolute Gasteiger partial charge is 0.504 e. The Kier molecular flexibility index (Phi) is 3.14. The van der Waals surface area contributed by atoms with Crippen LogP contribution in [0.2, 0.25) is 0 Å². The predicted molar refractivity (Wildman–Crippen MR) is 52.1 cm³/mol. The third-order valence-electron chi connectivity index (χ3n) is 2.08. The van der Waals surface area contributed by atoms with Crippen molar-refractivity contribution >= 4 is 0 Å². The Morgan fingerprint density at radius 1 is 1.31 bits per heavy atom. The maximum Gasteiger partial charge on any atom is 0.157 e. The Hall–Kier alpha value is -1.22. The maximum absolute atomic E-state index is 9.25.